The molecule has 0 N–H and O–H groups in total. The van der Waals surface area contributed by atoms with E-state index >= 15 is 0 Å². The van der Waals surface area contributed by atoms with Gasteiger partial charge in [-0.25, -0.2) is 0 Å². The number of ether oxygens (including phenoxy) is 3. The first kappa shape index (κ1) is 71.5. The van der Waals surface area contributed by atoms with E-state index in [1.54, 1.807) is 0 Å². The Kier molecular flexibility index (Phi) is 59.4. The molecule has 430 valence electrons. The van der Waals surface area contributed by atoms with Crippen LogP contribution in [0.3, 0.4) is 0 Å². The molecule has 0 fully saturated rings. The SMILES string of the molecule is CC/C=C\C/C=C\C/C=C\C/C=C\C/C=C\C/C=C\C/C=C\C/C=C\C/C=C\C/C=C\CCCCCCC(=O)OCC(COC(=O)CCCCCCC/C=C\CCCC)OC(=O)CCCCCCCCCCCCCC. The average molecular weight is 1050 g/mol. The molecule has 0 aromatic rings. The van der Waals surface area contributed by atoms with Crippen LogP contribution in [0.2, 0.25) is 0 Å². The van der Waals surface area contributed by atoms with Crippen LogP contribution in [0.25, 0.3) is 0 Å². The van der Waals surface area contributed by atoms with E-state index in [9.17, 15) is 14.4 Å². The van der Waals surface area contributed by atoms with Gasteiger partial charge in [-0.2, -0.15) is 0 Å². The van der Waals surface area contributed by atoms with Gasteiger partial charge in [0, 0.05) is 19.3 Å². The zero-order valence-electron chi connectivity index (χ0n) is 49.2. The van der Waals surface area contributed by atoms with Gasteiger partial charge in [-0.05, 0) is 116 Å². The number of carbonyl (C=O) groups is 3. The molecule has 0 aliphatic heterocycles. The molecule has 0 radical (unpaired) electrons. The van der Waals surface area contributed by atoms with Crippen molar-refractivity contribution < 1.29 is 28.6 Å². The van der Waals surface area contributed by atoms with E-state index in [1.165, 1.54) is 83.5 Å². The molecule has 1 atom stereocenters. The van der Waals surface area contributed by atoms with Crippen molar-refractivity contribution in [3.8, 4) is 0 Å². The summed E-state index contributed by atoms with van der Waals surface area (Å²) in [5.74, 6) is -0.927. The maximum Gasteiger partial charge on any atom is 0.306 e. The third-order valence-corrected chi connectivity index (χ3v) is 12.9. The standard InChI is InChI=1S/C70H114O6/c1-4-7-10-13-16-19-22-24-25-26-27-28-29-30-31-32-33-34-35-36-37-38-39-40-41-42-43-44-45-46-49-51-54-57-60-63-69(72)75-66-67(65-74-68(71)62-59-56-53-50-47-21-18-15-12-9-6-3)76-70(73)64-61-58-55-52-48-23-20-17-14-11-8-5-2/h7,10,15-16,18-19,24-25,27-28,30-31,33-34,36-37,39-40,42-43,45-46,67H,4-6,8-9,11-14,17,20-23,26,29,32,35,38,41,44,47-66H2,1-3H3/b10-7-,18-15-,19-16-,25-24-,28-27-,31-30-,34-33-,37-36-,40-39-,43-42-,46-45-. The van der Waals surface area contributed by atoms with Crippen molar-refractivity contribution in [2.24, 2.45) is 0 Å². The molecule has 0 spiro atoms. The van der Waals surface area contributed by atoms with Crippen LogP contribution in [-0.4, -0.2) is 37.2 Å². The van der Waals surface area contributed by atoms with Gasteiger partial charge in [-0.3, -0.25) is 14.4 Å². The van der Waals surface area contributed by atoms with Crippen LogP contribution in [0.5, 0.6) is 0 Å². The highest BCUT2D eigenvalue weighted by molar-refractivity contribution is 5.71. The van der Waals surface area contributed by atoms with Crippen LogP contribution < -0.4 is 0 Å². The first-order valence-electron chi connectivity index (χ1n) is 31.2. The fourth-order valence-electron chi connectivity index (χ4n) is 8.22. The number of allylic oxidation sites excluding steroid dienone is 22. The second-order valence-corrected chi connectivity index (χ2v) is 20.2. The van der Waals surface area contributed by atoms with E-state index in [1.807, 2.05) is 0 Å². The highest BCUT2D eigenvalue weighted by Crippen LogP contribution is 2.15. The number of carbonyl (C=O) groups excluding carboxylic acids is 3. The molecule has 6 heteroatoms. The summed E-state index contributed by atoms with van der Waals surface area (Å²) in [5, 5.41) is 0. The molecular formula is C70H114O6. The molecule has 0 aliphatic rings. The van der Waals surface area contributed by atoms with Crippen molar-refractivity contribution in [2.75, 3.05) is 13.2 Å². The largest absolute Gasteiger partial charge is 0.462 e. The van der Waals surface area contributed by atoms with Gasteiger partial charge in [0.2, 0.25) is 0 Å². The third kappa shape index (κ3) is 60.4. The van der Waals surface area contributed by atoms with E-state index in [-0.39, 0.29) is 31.1 Å². The van der Waals surface area contributed by atoms with Gasteiger partial charge in [0.15, 0.2) is 6.10 Å². The molecule has 0 amide bonds. The minimum atomic E-state index is -0.792. The summed E-state index contributed by atoms with van der Waals surface area (Å²) in [6.45, 7) is 6.45. The third-order valence-electron chi connectivity index (χ3n) is 12.9. The fraction of sp³-hybridized carbons (Fsp3) is 0.643. The Bertz CT molecular complexity index is 1630. The maximum absolute atomic E-state index is 12.8. The molecule has 0 rings (SSSR count). The molecule has 6 nitrogen and oxygen atoms in total. The van der Waals surface area contributed by atoms with Gasteiger partial charge in [0.1, 0.15) is 13.2 Å². The molecule has 0 saturated heterocycles. The molecule has 0 aliphatic carbocycles. The number of hydrogen-bond acceptors (Lipinski definition) is 6. The normalized spacial score (nSPS) is 13.0. The van der Waals surface area contributed by atoms with Gasteiger partial charge in [0.25, 0.3) is 0 Å². The second kappa shape index (κ2) is 63.1. The van der Waals surface area contributed by atoms with E-state index in [4.69, 9.17) is 14.2 Å². The summed E-state index contributed by atoms with van der Waals surface area (Å²) in [6, 6.07) is 0. The zero-order chi connectivity index (χ0) is 55.0. The predicted octanol–water partition coefficient (Wildman–Crippen LogP) is 21.4. The summed E-state index contributed by atoms with van der Waals surface area (Å²) in [7, 11) is 0. The lowest BCUT2D eigenvalue weighted by molar-refractivity contribution is -0.167. The zero-order valence-corrected chi connectivity index (χ0v) is 49.2. The van der Waals surface area contributed by atoms with Crippen LogP contribution in [0, 0.1) is 0 Å². The molecule has 0 heterocycles. The molecular weight excluding hydrogens is 937 g/mol. The van der Waals surface area contributed by atoms with Crippen LogP contribution in [0.4, 0.5) is 0 Å². The van der Waals surface area contributed by atoms with Gasteiger partial charge in [-0.15, -0.1) is 0 Å². The van der Waals surface area contributed by atoms with Crippen molar-refractivity contribution >= 4 is 17.9 Å². The van der Waals surface area contributed by atoms with Gasteiger partial charge in [0.05, 0.1) is 0 Å². The quantitative estimate of drug-likeness (QED) is 0.0261. The van der Waals surface area contributed by atoms with Crippen LogP contribution >= 0.6 is 0 Å². The first-order chi connectivity index (χ1) is 37.5. The molecule has 0 aromatic carbocycles. The Balaban J connectivity index is 4.25. The van der Waals surface area contributed by atoms with Gasteiger partial charge < -0.3 is 14.2 Å². The Morgan fingerprint density at radius 1 is 0.276 bits per heavy atom. The molecule has 1 unspecified atom stereocenters. The summed E-state index contributed by atoms with van der Waals surface area (Å²) < 4.78 is 16.8. The summed E-state index contributed by atoms with van der Waals surface area (Å²) in [5.41, 5.74) is 0. The van der Waals surface area contributed by atoms with Crippen LogP contribution in [-0.2, 0) is 28.6 Å². The van der Waals surface area contributed by atoms with E-state index in [0.717, 1.165) is 148 Å². The van der Waals surface area contributed by atoms with Crippen LogP contribution in [0.1, 0.15) is 271 Å². The second-order valence-electron chi connectivity index (χ2n) is 20.2. The Morgan fingerprint density at radius 2 is 0.526 bits per heavy atom. The molecule has 0 saturated carbocycles. The van der Waals surface area contributed by atoms with E-state index in [2.05, 4.69) is 154 Å². The lowest BCUT2D eigenvalue weighted by Gasteiger charge is -2.18. The molecule has 76 heavy (non-hydrogen) atoms. The highest BCUT2D eigenvalue weighted by Gasteiger charge is 2.19. The van der Waals surface area contributed by atoms with Crippen molar-refractivity contribution in [2.45, 2.75) is 277 Å². The molecule has 0 bridgehead atoms. The number of unbranched alkanes of at least 4 members (excludes halogenated alkanes) is 22. The molecule has 0 aromatic heterocycles. The Labute approximate surface area is 468 Å². The number of esters is 3. The summed E-state index contributed by atoms with van der Waals surface area (Å²) >= 11 is 0. The Hall–Kier alpha value is -4.45. The monoisotopic (exact) mass is 1050 g/mol. The summed E-state index contributed by atoms with van der Waals surface area (Å²) in [4.78, 5) is 38.1. The van der Waals surface area contributed by atoms with Gasteiger partial charge in [-0.1, -0.05) is 270 Å². The van der Waals surface area contributed by atoms with Crippen molar-refractivity contribution in [1.29, 1.82) is 0 Å². The minimum Gasteiger partial charge on any atom is -0.462 e. The van der Waals surface area contributed by atoms with E-state index < -0.39 is 6.10 Å². The van der Waals surface area contributed by atoms with Crippen molar-refractivity contribution in [3.63, 3.8) is 0 Å². The van der Waals surface area contributed by atoms with Crippen molar-refractivity contribution in [1.82, 2.24) is 0 Å². The average Bonchev–Trinajstić information content (AvgIpc) is 3.42. The maximum atomic E-state index is 12.8. The topological polar surface area (TPSA) is 78.9 Å². The smallest absolute Gasteiger partial charge is 0.306 e. The first-order valence-corrected chi connectivity index (χ1v) is 31.2. The predicted molar refractivity (Wildman–Crippen MR) is 329 cm³/mol. The fourth-order valence-corrected chi connectivity index (χ4v) is 8.22. The van der Waals surface area contributed by atoms with Gasteiger partial charge >= 0.3 is 17.9 Å². The number of rotatable bonds is 55. The van der Waals surface area contributed by atoms with Crippen LogP contribution in [0.15, 0.2) is 134 Å². The highest BCUT2D eigenvalue weighted by atomic mass is 16.6. The lowest BCUT2D eigenvalue weighted by Crippen LogP contribution is -2.30. The Morgan fingerprint density at radius 3 is 0.855 bits per heavy atom. The number of hydrogen-bond donors (Lipinski definition) is 0. The minimum absolute atomic E-state index is 0.0911. The summed E-state index contributed by atoms with van der Waals surface area (Å²) in [6.07, 6.45) is 88.9. The lowest BCUT2D eigenvalue weighted by atomic mass is 10.0. The van der Waals surface area contributed by atoms with Crippen molar-refractivity contribution in [3.05, 3.63) is 134 Å². The van der Waals surface area contributed by atoms with E-state index in [0.29, 0.717) is 19.3 Å².